The second kappa shape index (κ2) is 6.42. The van der Waals surface area contributed by atoms with Gasteiger partial charge in [-0.2, -0.15) is 5.26 Å². The molecule has 0 saturated heterocycles. The molecule has 1 aromatic rings. The molecule has 0 fully saturated rings. The quantitative estimate of drug-likeness (QED) is 0.917. The lowest BCUT2D eigenvalue weighted by molar-refractivity contribution is 0.0511. The Labute approximate surface area is 120 Å². The number of alkyl carbamates (subject to hydrolysis) is 1. The highest BCUT2D eigenvalue weighted by atomic mass is 16.6. The number of rotatable bonds is 3. The van der Waals surface area contributed by atoms with Crippen LogP contribution in [0.25, 0.3) is 0 Å². The number of carbonyl (C=O) groups is 1. The molecule has 0 aliphatic carbocycles. The number of hydrogen-bond donors (Lipinski definition) is 1. The van der Waals surface area contributed by atoms with Crippen molar-refractivity contribution in [3.63, 3.8) is 0 Å². The standard InChI is InChI=1S/C16H22N2O2/c1-11-6-8-13(9-7-11)12(2)14(10-17)18-15(19)20-16(3,4)5/h6-9,12,14H,1-5H3,(H,18,19)/t12-,14+/m0/s1. The summed E-state index contributed by atoms with van der Waals surface area (Å²) in [7, 11) is 0. The minimum Gasteiger partial charge on any atom is -0.444 e. The van der Waals surface area contributed by atoms with Crippen molar-refractivity contribution in [1.29, 1.82) is 5.26 Å². The van der Waals surface area contributed by atoms with Crippen LogP contribution in [0.15, 0.2) is 24.3 Å². The summed E-state index contributed by atoms with van der Waals surface area (Å²) in [5.41, 5.74) is 1.60. The highest BCUT2D eigenvalue weighted by Crippen LogP contribution is 2.20. The fourth-order valence-electron chi connectivity index (χ4n) is 1.77. The smallest absolute Gasteiger partial charge is 0.408 e. The summed E-state index contributed by atoms with van der Waals surface area (Å²) in [4.78, 5) is 11.7. The molecular weight excluding hydrogens is 252 g/mol. The van der Waals surface area contributed by atoms with Crippen LogP contribution in [0, 0.1) is 18.3 Å². The lowest BCUT2D eigenvalue weighted by atomic mass is 9.93. The van der Waals surface area contributed by atoms with Crippen molar-refractivity contribution in [2.75, 3.05) is 0 Å². The van der Waals surface area contributed by atoms with Crippen molar-refractivity contribution in [3.05, 3.63) is 35.4 Å². The van der Waals surface area contributed by atoms with Crippen molar-refractivity contribution < 1.29 is 9.53 Å². The topological polar surface area (TPSA) is 62.1 Å². The molecule has 1 N–H and O–H groups in total. The average Bonchev–Trinajstić information content (AvgIpc) is 2.34. The zero-order chi connectivity index (χ0) is 15.3. The van der Waals surface area contributed by atoms with Gasteiger partial charge < -0.3 is 10.1 Å². The summed E-state index contributed by atoms with van der Waals surface area (Å²) in [6.07, 6.45) is -0.567. The van der Waals surface area contributed by atoms with Gasteiger partial charge in [0, 0.05) is 5.92 Å². The van der Waals surface area contributed by atoms with Crippen LogP contribution in [0.1, 0.15) is 44.7 Å². The molecule has 0 aliphatic rings. The van der Waals surface area contributed by atoms with Crippen LogP contribution in [0.4, 0.5) is 4.79 Å². The predicted octanol–water partition coefficient (Wildman–Crippen LogP) is 3.52. The largest absolute Gasteiger partial charge is 0.444 e. The van der Waals surface area contributed by atoms with E-state index in [1.165, 1.54) is 0 Å². The summed E-state index contributed by atoms with van der Waals surface area (Å²) in [6.45, 7) is 9.29. The molecule has 0 aliphatic heterocycles. The van der Waals surface area contributed by atoms with Crippen LogP contribution in [0.5, 0.6) is 0 Å². The number of aryl methyl sites for hydroxylation is 1. The van der Waals surface area contributed by atoms with E-state index in [1.807, 2.05) is 38.1 Å². The highest BCUT2D eigenvalue weighted by Gasteiger charge is 2.24. The minimum absolute atomic E-state index is 0.104. The van der Waals surface area contributed by atoms with Gasteiger partial charge >= 0.3 is 6.09 Å². The van der Waals surface area contributed by atoms with E-state index in [9.17, 15) is 10.1 Å². The summed E-state index contributed by atoms with van der Waals surface area (Å²) >= 11 is 0. The third kappa shape index (κ3) is 4.93. The molecule has 1 rings (SSSR count). The van der Waals surface area contributed by atoms with E-state index in [1.54, 1.807) is 20.8 Å². The first kappa shape index (κ1) is 16.0. The first-order valence-corrected chi connectivity index (χ1v) is 6.68. The summed E-state index contributed by atoms with van der Waals surface area (Å²) in [6, 6.07) is 9.44. The van der Waals surface area contributed by atoms with Crippen LogP contribution >= 0.6 is 0 Å². The fourth-order valence-corrected chi connectivity index (χ4v) is 1.77. The van der Waals surface area contributed by atoms with Crippen molar-refractivity contribution in [2.45, 2.75) is 52.2 Å². The van der Waals surface area contributed by atoms with Crippen molar-refractivity contribution in [2.24, 2.45) is 0 Å². The number of ether oxygens (including phenoxy) is 1. The Bertz CT molecular complexity index is 495. The monoisotopic (exact) mass is 274 g/mol. The van der Waals surface area contributed by atoms with E-state index in [0.29, 0.717) is 0 Å². The molecule has 0 bridgehead atoms. The van der Waals surface area contributed by atoms with Gasteiger partial charge in [0.2, 0.25) is 0 Å². The zero-order valence-electron chi connectivity index (χ0n) is 12.7. The number of amides is 1. The molecule has 0 spiro atoms. The van der Waals surface area contributed by atoms with Crippen molar-refractivity contribution >= 4 is 6.09 Å². The molecule has 2 atom stereocenters. The lowest BCUT2D eigenvalue weighted by Crippen LogP contribution is -2.40. The van der Waals surface area contributed by atoms with Gasteiger partial charge in [-0.05, 0) is 33.3 Å². The van der Waals surface area contributed by atoms with Crippen LogP contribution in [-0.4, -0.2) is 17.7 Å². The highest BCUT2D eigenvalue weighted by molar-refractivity contribution is 5.68. The molecule has 0 saturated carbocycles. The third-order valence-electron chi connectivity index (χ3n) is 2.91. The maximum absolute atomic E-state index is 11.7. The van der Waals surface area contributed by atoms with E-state index in [2.05, 4.69) is 11.4 Å². The van der Waals surface area contributed by atoms with E-state index >= 15 is 0 Å². The Kier molecular flexibility index (Phi) is 5.15. The van der Waals surface area contributed by atoms with Crippen LogP contribution in [0.3, 0.4) is 0 Å². The van der Waals surface area contributed by atoms with Gasteiger partial charge in [0.15, 0.2) is 0 Å². The van der Waals surface area contributed by atoms with Gasteiger partial charge in [-0.3, -0.25) is 0 Å². The average molecular weight is 274 g/mol. The molecule has 0 heterocycles. The first-order valence-electron chi connectivity index (χ1n) is 6.68. The number of nitriles is 1. The molecular formula is C16H22N2O2. The molecule has 0 unspecified atom stereocenters. The van der Waals surface area contributed by atoms with E-state index < -0.39 is 17.7 Å². The third-order valence-corrected chi connectivity index (χ3v) is 2.91. The first-order chi connectivity index (χ1) is 9.23. The number of nitrogens with one attached hydrogen (secondary N) is 1. The fraction of sp³-hybridized carbons (Fsp3) is 0.500. The van der Waals surface area contributed by atoms with Gasteiger partial charge in [-0.15, -0.1) is 0 Å². The van der Waals surface area contributed by atoms with Crippen molar-refractivity contribution in [1.82, 2.24) is 5.32 Å². The Morgan fingerprint density at radius 3 is 2.30 bits per heavy atom. The predicted molar refractivity (Wildman–Crippen MR) is 78.4 cm³/mol. The molecule has 4 heteroatoms. The van der Waals surface area contributed by atoms with Gasteiger partial charge in [0.25, 0.3) is 0 Å². The minimum atomic E-state index is -0.618. The molecule has 0 aromatic heterocycles. The Balaban J connectivity index is 2.74. The number of nitrogens with zero attached hydrogens (tertiary/aromatic N) is 1. The Morgan fingerprint density at radius 1 is 1.30 bits per heavy atom. The zero-order valence-corrected chi connectivity index (χ0v) is 12.7. The van der Waals surface area contributed by atoms with E-state index in [0.717, 1.165) is 11.1 Å². The van der Waals surface area contributed by atoms with Gasteiger partial charge in [0.1, 0.15) is 11.6 Å². The lowest BCUT2D eigenvalue weighted by Gasteiger charge is -2.23. The molecule has 4 nitrogen and oxygen atoms in total. The second-order valence-corrected chi connectivity index (χ2v) is 5.95. The van der Waals surface area contributed by atoms with Gasteiger partial charge in [0.05, 0.1) is 6.07 Å². The number of hydrogen-bond acceptors (Lipinski definition) is 3. The number of carbonyl (C=O) groups excluding carboxylic acids is 1. The number of benzene rings is 1. The van der Waals surface area contributed by atoms with E-state index in [-0.39, 0.29) is 5.92 Å². The second-order valence-electron chi connectivity index (χ2n) is 5.95. The Hall–Kier alpha value is -2.02. The maximum Gasteiger partial charge on any atom is 0.408 e. The molecule has 1 aromatic carbocycles. The summed E-state index contributed by atoms with van der Waals surface area (Å²) < 4.78 is 5.17. The molecule has 1 amide bonds. The van der Waals surface area contributed by atoms with Gasteiger partial charge in [-0.25, -0.2) is 4.79 Å². The van der Waals surface area contributed by atoms with Gasteiger partial charge in [-0.1, -0.05) is 36.8 Å². The van der Waals surface area contributed by atoms with E-state index in [4.69, 9.17) is 4.74 Å². The van der Waals surface area contributed by atoms with Crippen LogP contribution in [-0.2, 0) is 4.74 Å². The van der Waals surface area contributed by atoms with Crippen LogP contribution in [0.2, 0.25) is 0 Å². The molecule has 20 heavy (non-hydrogen) atoms. The normalized spacial score (nSPS) is 14.0. The molecule has 108 valence electrons. The molecule has 0 radical (unpaired) electrons. The summed E-state index contributed by atoms with van der Waals surface area (Å²) in [5.74, 6) is -0.104. The SMILES string of the molecule is Cc1ccc([C@H](C)[C@@H](C#N)NC(=O)OC(C)(C)C)cc1. The maximum atomic E-state index is 11.7. The van der Waals surface area contributed by atoms with Crippen LogP contribution < -0.4 is 5.32 Å². The Morgan fingerprint density at radius 2 is 1.85 bits per heavy atom. The van der Waals surface area contributed by atoms with Crippen molar-refractivity contribution in [3.8, 4) is 6.07 Å². The summed E-state index contributed by atoms with van der Waals surface area (Å²) in [5, 5.41) is 11.9.